The van der Waals surface area contributed by atoms with E-state index in [0.29, 0.717) is 50.1 Å². The number of rotatable bonds is 11. The number of carbonyl (C=O) groups excluding carboxylic acids is 2. The fourth-order valence-electron chi connectivity index (χ4n) is 4.91. The van der Waals surface area contributed by atoms with Crippen LogP contribution in [0.5, 0.6) is 17.2 Å². The van der Waals surface area contributed by atoms with E-state index in [1.54, 1.807) is 67.0 Å². The van der Waals surface area contributed by atoms with Crippen molar-refractivity contribution in [1.29, 1.82) is 0 Å². The zero-order valence-electron chi connectivity index (χ0n) is 25.4. The van der Waals surface area contributed by atoms with Crippen molar-refractivity contribution in [3.05, 3.63) is 115 Å². The number of methoxy groups -OCH3 is 1. The van der Waals surface area contributed by atoms with Crippen LogP contribution in [0.15, 0.2) is 93.9 Å². The Bertz CT molecular complexity index is 1910. The molecule has 2 heterocycles. The van der Waals surface area contributed by atoms with E-state index < -0.39 is 12.0 Å². The smallest absolute Gasteiger partial charge is 0.338 e. The first kappa shape index (κ1) is 31.3. The van der Waals surface area contributed by atoms with Gasteiger partial charge in [0.1, 0.15) is 17.2 Å². The molecule has 1 amide bonds. The summed E-state index contributed by atoms with van der Waals surface area (Å²) < 4.78 is 23.9. The molecule has 1 aromatic heterocycles. The number of anilines is 1. The lowest BCUT2D eigenvalue weighted by Crippen LogP contribution is -2.39. The summed E-state index contributed by atoms with van der Waals surface area (Å²) >= 11 is 1.24. The van der Waals surface area contributed by atoms with E-state index in [1.165, 1.54) is 18.4 Å². The van der Waals surface area contributed by atoms with Crippen molar-refractivity contribution < 1.29 is 28.5 Å². The number of nitrogens with zero attached hydrogens (tertiary/aromatic N) is 2. The summed E-state index contributed by atoms with van der Waals surface area (Å²) in [6, 6.07) is 20.8. The molecule has 3 aromatic carbocycles. The lowest BCUT2D eigenvalue weighted by Gasteiger charge is -2.24. The van der Waals surface area contributed by atoms with E-state index in [0.717, 1.165) is 11.1 Å². The van der Waals surface area contributed by atoms with Crippen molar-refractivity contribution in [2.24, 2.45) is 4.99 Å². The van der Waals surface area contributed by atoms with Crippen LogP contribution in [-0.4, -0.2) is 43.4 Å². The first-order valence-corrected chi connectivity index (χ1v) is 15.2. The van der Waals surface area contributed by atoms with Gasteiger partial charge in [0.05, 0.1) is 47.9 Å². The third-order valence-electron chi connectivity index (χ3n) is 6.95. The molecule has 1 aliphatic rings. The minimum atomic E-state index is -0.712. The van der Waals surface area contributed by atoms with Gasteiger partial charge in [0.15, 0.2) is 11.4 Å². The topological polar surface area (TPSA) is 117 Å². The lowest BCUT2D eigenvalue weighted by molar-refractivity contribution is -0.139. The van der Waals surface area contributed by atoms with Gasteiger partial charge < -0.3 is 24.3 Å². The zero-order valence-corrected chi connectivity index (χ0v) is 26.2. The molecule has 5 rings (SSSR count). The monoisotopic (exact) mass is 627 g/mol. The van der Waals surface area contributed by atoms with Gasteiger partial charge in [-0.3, -0.25) is 14.2 Å². The summed E-state index contributed by atoms with van der Waals surface area (Å²) in [4.78, 5) is 44.5. The molecule has 10 nitrogen and oxygen atoms in total. The second-order valence-corrected chi connectivity index (χ2v) is 10.9. The average Bonchev–Trinajstić information content (AvgIpc) is 3.34. The number of hydrogen-bond donors (Lipinski definition) is 1. The second-order valence-electron chi connectivity index (χ2n) is 9.91. The number of allylic oxidation sites excluding steroid dienone is 1. The number of aromatic nitrogens is 1. The van der Waals surface area contributed by atoms with Crippen LogP contribution < -0.4 is 34.4 Å². The molecule has 1 atom stereocenters. The van der Waals surface area contributed by atoms with Gasteiger partial charge >= 0.3 is 5.97 Å². The van der Waals surface area contributed by atoms with Gasteiger partial charge in [0.2, 0.25) is 0 Å². The van der Waals surface area contributed by atoms with Crippen molar-refractivity contribution in [3.8, 4) is 17.2 Å². The number of hydrogen-bond acceptors (Lipinski definition) is 9. The minimum absolute atomic E-state index is 0.191. The van der Waals surface area contributed by atoms with Crippen LogP contribution in [0.25, 0.3) is 6.08 Å². The molecule has 0 aliphatic carbocycles. The number of amides is 1. The molecule has 1 aliphatic heterocycles. The predicted molar refractivity (Wildman–Crippen MR) is 172 cm³/mol. The maximum atomic E-state index is 13.8. The quantitative estimate of drug-likeness (QED) is 0.248. The third kappa shape index (κ3) is 6.99. The summed E-state index contributed by atoms with van der Waals surface area (Å²) in [6.07, 6.45) is 1.76. The van der Waals surface area contributed by atoms with Crippen LogP contribution in [0, 0.1) is 0 Å². The molecule has 0 saturated carbocycles. The maximum Gasteiger partial charge on any atom is 0.338 e. The molecule has 11 heteroatoms. The number of ether oxygens (including phenoxy) is 4. The second kappa shape index (κ2) is 14.1. The number of benzene rings is 3. The third-order valence-corrected chi connectivity index (χ3v) is 7.94. The summed E-state index contributed by atoms with van der Waals surface area (Å²) in [5.74, 6) is 0.896. The van der Waals surface area contributed by atoms with Gasteiger partial charge in [0.25, 0.3) is 11.5 Å². The fraction of sp³-hybridized carbons (Fsp3) is 0.235. The van der Waals surface area contributed by atoms with Crippen LogP contribution in [0.1, 0.15) is 37.9 Å². The SMILES string of the molecule is CCOC(=O)C1=C(C)N=c2s/c(=C/c3ccc(OCC(=O)Nc4ccccc4OC)cc3)c(=O)n2[C@H]1c1ccc(OCC)cc1. The number of esters is 1. The first-order chi connectivity index (χ1) is 21.8. The van der Waals surface area contributed by atoms with Crippen LogP contribution in [0.3, 0.4) is 0 Å². The standard InChI is InChI=1S/C34H33N3O7S/c1-5-42-24-17-13-23(14-18-24)31-30(33(40)43-6-2)21(3)35-34-37(31)32(39)28(45-34)19-22-11-15-25(16-12-22)44-20-29(38)36-26-9-7-8-10-27(26)41-4/h7-19,31H,5-6,20H2,1-4H3,(H,36,38)/b28-19+/t31-/m0/s1. The van der Waals surface area contributed by atoms with Crippen molar-refractivity contribution >= 4 is 35.0 Å². The Morgan fingerprint density at radius 1 is 0.956 bits per heavy atom. The van der Waals surface area contributed by atoms with E-state index in [1.807, 2.05) is 37.3 Å². The Morgan fingerprint density at radius 2 is 1.64 bits per heavy atom. The average molecular weight is 628 g/mol. The minimum Gasteiger partial charge on any atom is -0.495 e. The maximum absolute atomic E-state index is 13.8. The van der Waals surface area contributed by atoms with Crippen molar-refractivity contribution in [2.75, 3.05) is 32.2 Å². The molecule has 0 saturated heterocycles. The van der Waals surface area contributed by atoms with Crippen molar-refractivity contribution in [2.45, 2.75) is 26.8 Å². The van der Waals surface area contributed by atoms with Gasteiger partial charge in [-0.05, 0) is 74.4 Å². The van der Waals surface area contributed by atoms with Crippen LogP contribution in [0.2, 0.25) is 0 Å². The molecule has 1 N–H and O–H groups in total. The van der Waals surface area contributed by atoms with Gasteiger partial charge in [-0.15, -0.1) is 0 Å². The van der Waals surface area contributed by atoms with Gasteiger partial charge in [-0.1, -0.05) is 47.7 Å². The predicted octanol–water partition coefficient (Wildman–Crippen LogP) is 4.22. The van der Waals surface area contributed by atoms with Crippen molar-refractivity contribution in [3.63, 3.8) is 0 Å². The fourth-order valence-corrected chi connectivity index (χ4v) is 5.96. The van der Waals surface area contributed by atoms with E-state index in [-0.39, 0.29) is 24.7 Å². The molecule has 232 valence electrons. The highest BCUT2D eigenvalue weighted by Crippen LogP contribution is 2.31. The van der Waals surface area contributed by atoms with Gasteiger partial charge in [0, 0.05) is 0 Å². The summed E-state index contributed by atoms with van der Waals surface area (Å²) in [7, 11) is 1.54. The van der Waals surface area contributed by atoms with Crippen molar-refractivity contribution in [1.82, 2.24) is 4.57 Å². The number of fused-ring (bicyclic) bond motifs is 1. The molecular formula is C34H33N3O7S. The molecule has 4 aromatic rings. The van der Waals surface area contributed by atoms with Crippen LogP contribution in [-0.2, 0) is 14.3 Å². The van der Waals surface area contributed by atoms with Crippen LogP contribution in [0.4, 0.5) is 5.69 Å². The van der Waals surface area contributed by atoms with E-state index in [4.69, 9.17) is 18.9 Å². The highest BCUT2D eigenvalue weighted by Gasteiger charge is 2.33. The molecule has 45 heavy (non-hydrogen) atoms. The lowest BCUT2D eigenvalue weighted by atomic mass is 9.96. The summed E-state index contributed by atoms with van der Waals surface area (Å²) in [5.41, 5.74) is 2.58. The molecular weight excluding hydrogens is 594 g/mol. The number of para-hydroxylation sites is 2. The summed E-state index contributed by atoms with van der Waals surface area (Å²) in [6.45, 7) is 5.92. The Hall–Kier alpha value is -5.16. The molecule has 0 unspecified atom stereocenters. The Balaban J connectivity index is 1.40. The van der Waals surface area contributed by atoms with E-state index in [2.05, 4.69) is 10.3 Å². The molecule has 0 spiro atoms. The Morgan fingerprint density at radius 3 is 2.33 bits per heavy atom. The van der Waals surface area contributed by atoms with E-state index in [9.17, 15) is 14.4 Å². The largest absolute Gasteiger partial charge is 0.495 e. The Kier molecular flexibility index (Phi) is 9.79. The van der Waals surface area contributed by atoms with Crippen LogP contribution >= 0.6 is 11.3 Å². The van der Waals surface area contributed by atoms with Gasteiger partial charge in [-0.25, -0.2) is 9.79 Å². The first-order valence-electron chi connectivity index (χ1n) is 14.4. The highest BCUT2D eigenvalue weighted by atomic mass is 32.1. The van der Waals surface area contributed by atoms with E-state index >= 15 is 0 Å². The zero-order chi connectivity index (χ0) is 31.9. The molecule has 0 fully saturated rings. The number of thiazole rings is 1. The molecule has 0 radical (unpaired) electrons. The number of nitrogens with one attached hydrogen (secondary N) is 1. The van der Waals surface area contributed by atoms with Gasteiger partial charge in [-0.2, -0.15) is 0 Å². The molecule has 0 bridgehead atoms. The highest BCUT2D eigenvalue weighted by molar-refractivity contribution is 7.07. The Labute approximate surface area is 263 Å². The summed E-state index contributed by atoms with van der Waals surface area (Å²) in [5, 5.41) is 2.77. The normalized spacial score (nSPS) is 14.3. The number of carbonyl (C=O) groups is 2.